The molecular formula is C15H16N4O. The van der Waals surface area contributed by atoms with Crippen molar-refractivity contribution in [1.29, 1.82) is 0 Å². The number of nitrogens with two attached hydrogens (primary N) is 1. The highest BCUT2D eigenvalue weighted by Crippen LogP contribution is 2.10. The molecule has 2 aromatic carbocycles. The summed E-state index contributed by atoms with van der Waals surface area (Å²) in [5.74, 6) is 0. The van der Waals surface area contributed by atoms with Crippen molar-refractivity contribution in [2.45, 2.75) is 13.1 Å². The predicted octanol–water partition coefficient (Wildman–Crippen LogP) is 1.73. The van der Waals surface area contributed by atoms with Crippen LogP contribution >= 0.6 is 0 Å². The quantitative estimate of drug-likeness (QED) is 0.543. The van der Waals surface area contributed by atoms with Crippen molar-refractivity contribution in [3.8, 4) is 0 Å². The molecule has 0 atom stereocenters. The number of nitrogens with one attached hydrogen (secondary N) is 3. The van der Waals surface area contributed by atoms with Crippen LogP contribution in [0.5, 0.6) is 0 Å². The Morgan fingerprint density at radius 3 is 2.50 bits per heavy atom. The molecule has 0 bridgehead atoms. The fourth-order valence-electron chi connectivity index (χ4n) is 2.24. The molecule has 0 aliphatic carbocycles. The van der Waals surface area contributed by atoms with Gasteiger partial charge in [0.25, 0.3) is 0 Å². The minimum Gasteiger partial charge on any atom is -0.399 e. The first kappa shape index (κ1) is 12.5. The molecule has 102 valence electrons. The summed E-state index contributed by atoms with van der Waals surface area (Å²) in [4.78, 5) is 16.7. The minimum absolute atomic E-state index is 0.176. The van der Waals surface area contributed by atoms with Gasteiger partial charge in [-0.15, -0.1) is 0 Å². The largest absolute Gasteiger partial charge is 0.399 e. The lowest BCUT2D eigenvalue weighted by atomic mass is 10.1. The summed E-state index contributed by atoms with van der Waals surface area (Å²) in [5, 5.41) is 3.36. The van der Waals surface area contributed by atoms with Gasteiger partial charge in [-0.2, -0.15) is 0 Å². The summed E-state index contributed by atoms with van der Waals surface area (Å²) in [6.45, 7) is 1.49. The molecule has 5 heteroatoms. The topological polar surface area (TPSA) is 86.7 Å². The Balaban J connectivity index is 1.66. The number of hydrogen-bond donors (Lipinski definition) is 4. The van der Waals surface area contributed by atoms with Crippen LogP contribution in [0.1, 0.15) is 11.1 Å². The SMILES string of the molecule is Nc1cccc(CNCc2ccc3[nH]c(=O)[nH]c3c2)c1. The zero-order valence-electron chi connectivity index (χ0n) is 10.9. The number of imidazole rings is 1. The third-order valence-electron chi connectivity index (χ3n) is 3.19. The second-order valence-corrected chi connectivity index (χ2v) is 4.81. The molecule has 0 radical (unpaired) electrons. The standard InChI is InChI=1S/C15H16N4O/c16-12-3-1-2-10(6-12)8-17-9-11-4-5-13-14(7-11)19-15(20)18-13/h1-7,17H,8-9,16H2,(H2,18,19,20). The van der Waals surface area contributed by atoms with Gasteiger partial charge in [0, 0.05) is 18.8 Å². The first-order chi connectivity index (χ1) is 9.70. The van der Waals surface area contributed by atoms with Crippen LogP contribution in [0.2, 0.25) is 0 Å². The first-order valence-corrected chi connectivity index (χ1v) is 6.47. The summed E-state index contributed by atoms with van der Waals surface area (Å²) < 4.78 is 0. The van der Waals surface area contributed by atoms with Crippen LogP contribution in [0, 0.1) is 0 Å². The van der Waals surface area contributed by atoms with Crippen molar-refractivity contribution in [1.82, 2.24) is 15.3 Å². The summed E-state index contributed by atoms with van der Waals surface area (Å²) in [6, 6.07) is 13.7. The highest BCUT2D eigenvalue weighted by Gasteiger charge is 2.00. The van der Waals surface area contributed by atoms with E-state index < -0.39 is 0 Å². The van der Waals surface area contributed by atoms with Gasteiger partial charge < -0.3 is 21.0 Å². The number of aromatic amines is 2. The van der Waals surface area contributed by atoms with Gasteiger partial charge in [-0.3, -0.25) is 0 Å². The van der Waals surface area contributed by atoms with Gasteiger partial charge in [0.15, 0.2) is 0 Å². The van der Waals surface area contributed by atoms with Gasteiger partial charge >= 0.3 is 5.69 Å². The normalized spacial score (nSPS) is 11.0. The van der Waals surface area contributed by atoms with Gasteiger partial charge in [0.1, 0.15) is 0 Å². The highest BCUT2D eigenvalue weighted by atomic mass is 16.1. The Morgan fingerprint density at radius 1 is 0.950 bits per heavy atom. The van der Waals surface area contributed by atoms with Crippen molar-refractivity contribution in [2.75, 3.05) is 5.73 Å². The Labute approximate surface area is 115 Å². The number of rotatable bonds is 4. The van der Waals surface area contributed by atoms with Gasteiger partial charge in [-0.1, -0.05) is 18.2 Å². The molecule has 0 amide bonds. The lowest BCUT2D eigenvalue weighted by Crippen LogP contribution is -2.12. The zero-order chi connectivity index (χ0) is 13.9. The van der Waals surface area contributed by atoms with Crippen LogP contribution in [-0.2, 0) is 13.1 Å². The average molecular weight is 268 g/mol. The molecule has 0 aliphatic heterocycles. The van der Waals surface area contributed by atoms with Crippen LogP contribution < -0.4 is 16.7 Å². The van der Waals surface area contributed by atoms with E-state index in [9.17, 15) is 4.79 Å². The van der Waals surface area contributed by atoms with E-state index in [2.05, 4.69) is 15.3 Å². The summed E-state index contributed by atoms with van der Waals surface area (Å²) >= 11 is 0. The molecule has 1 heterocycles. The number of benzene rings is 2. The number of aromatic nitrogens is 2. The van der Waals surface area contributed by atoms with Crippen LogP contribution in [0.15, 0.2) is 47.3 Å². The fraction of sp³-hybridized carbons (Fsp3) is 0.133. The van der Waals surface area contributed by atoms with E-state index in [-0.39, 0.29) is 5.69 Å². The minimum atomic E-state index is -0.176. The van der Waals surface area contributed by atoms with Gasteiger partial charge in [0.2, 0.25) is 0 Å². The number of H-pyrrole nitrogens is 2. The van der Waals surface area contributed by atoms with E-state index in [0.29, 0.717) is 0 Å². The molecule has 3 aromatic rings. The van der Waals surface area contributed by atoms with E-state index in [1.165, 1.54) is 0 Å². The van der Waals surface area contributed by atoms with E-state index in [0.717, 1.165) is 40.9 Å². The lowest BCUT2D eigenvalue weighted by molar-refractivity contribution is 0.694. The molecule has 5 nitrogen and oxygen atoms in total. The Hall–Kier alpha value is -2.53. The maximum absolute atomic E-state index is 11.2. The monoisotopic (exact) mass is 268 g/mol. The highest BCUT2D eigenvalue weighted by molar-refractivity contribution is 5.74. The molecule has 1 aromatic heterocycles. The van der Waals surface area contributed by atoms with Gasteiger partial charge in [-0.05, 0) is 35.4 Å². The Kier molecular flexibility index (Phi) is 3.26. The molecule has 0 spiro atoms. The zero-order valence-corrected chi connectivity index (χ0v) is 10.9. The molecule has 20 heavy (non-hydrogen) atoms. The molecule has 0 fully saturated rings. The van der Waals surface area contributed by atoms with Crippen LogP contribution in [0.4, 0.5) is 5.69 Å². The number of nitrogen functional groups attached to an aromatic ring is 1. The fourth-order valence-corrected chi connectivity index (χ4v) is 2.24. The average Bonchev–Trinajstić information content (AvgIpc) is 2.78. The Morgan fingerprint density at radius 2 is 1.70 bits per heavy atom. The van der Waals surface area contributed by atoms with E-state index in [4.69, 9.17) is 5.73 Å². The van der Waals surface area contributed by atoms with Gasteiger partial charge in [-0.25, -0.2) is 4.79 Å². The van der Waals surface area contributed by atoms with Crippen molar-refractivity contribution in [3.05, 3.63) is 64.1 Å². The summed E-state index contributed by atoms with van der Waals surface area (Å²) in [6.07, 6.45) is 0. The maximum atomic E-state index is 11.2. The molecule has 0 saturated heterocycles. The van der Waals surface area contributed by atoms with Crippen molar-refractivity contribution in [3.63, 3.8) is 0 Å². The predicted molar refractivity (Wildman–Crippen MR) is 80.3 cm³/mol. The molecule has 3 rings (SSSR count). The molecule has 0 saturated carbocycles. The van der Waals surface area contributed by atoms with Crippen LogP contribution in [0.3, 0.4) is 0 Å². The molecule has 5 N–H and O–H groups in total. The van der Waals surface area contributed by atoms with Crippen LogP contribution in [0.25, 0.3) is 11.0 Å². The molecule has 0 aliphatic rings. The third-order valence-corrected chi connectivity index (χ3v) is 3.19. The van der Waals surface area contributed by atoms with Crippen molar-refractivity contribution >= 4 is 16.7 Å². The van der Waals surface area contributed by atoms with E-state index >= 15 is 0 Å². The lowest BCUT2D eigenvalue weighted by Gasteiger charge is -2.06. The Bertz CT molecular complexity index is 788. The number of anilines is 1. The third kappa shape index (κ3) is 2.73. The smallest absolute Gasteiger partial charge is 0.323 e. The molecular weight excluding hydrogens is 252 g/mol. The number of fused-ring (bicyclic) bond motifs is 1. The number of hydrogen-bond acceptors (Lipinski definition) is 3. The molecule has 0 unspecified atom stereocenters. The van der Waals surface area contributed by atoms with Crippen molar-refractivity contribution in [2.24, 2.45) is 0 Å². The van der Waals surface area contributed by atoms with E-state index in [1.807, 2.05) is 42.5 Å². The second kappa shape index (κ2) is 5.22. The summed E-state index contributed by atoms with van der Waals surface area (Å²) in [5.41, 5.74) is 10.3. The van der Waals surface area contributed by atoms with Crippen molar-refractivity contribution < 1.29 is 0 Å². The second-order valence-electron chi connectivity index (χ2n) is 4.81. The van der Waals surface area contributed by atoms with Crippen LogP contribution in [-0.4, -0.2) is 9.97 Å². The maximum Gasteiger partial charge on any atom is 0.323 e. The van der Waals surface area contributed by atoms with Gasteiger partial charge in [0.05, 0.1) is 11.0 Å². The summed E-state index contributed by atoms with van der Waals surface area (Å²) in [7, 11) is 0. The van der Waals surface area contributed by atoms with E-state index in [1.54, 1.807) is 0 Å². The first-order valence-electron chi connectivity index (χ1n) is 6.47.